The summed E-state index contributed by atoms with van der Waals surface area (Å²) < 4.78 is 0. The Morgan fingerprint density at radius 3 is 2.15 bits per heavy atom. The molecule has 0 bridgehead atoms. The van der Waals surface area contributed by atoms with Gasteiger partial charge >= 0.3 is 11.9 Å². The van der Waals surface area contributed by atoms with Crippen LogP contribution in [0.2, 0.25) is 0 Å². The molecule has 2 aromatic rings. The van der Waals surface area contributed by atoms with E-state index in [1.54, 1.807) is 42.5 Å². The summed E-state index contributed by atoms with van der Waals surface area (Å²) in [6.07, 6.45) is 0. The fourth-order valence-electron chi connectivity index (χ4n) is 1.65. The van der Waals surface area contributed by atoms with E-state index in [1.165, 1.54) is 11.8 Å². The molecule has 2 rings (SSSR count). The van der Waals surface area contributed by atoms with Crippen LogP contribution in [0.1, 0.15) is 26.3 Å². The van der Waals surface area contributed by atoms with Crippen LogP contribution in [0, 0.1) is 0 Å². The lowest BCUT2D eigenvalue weighted by Gasteiger charge is -2.04. The van der Waals surface area contributed by atoms with E-state index in [0.717, 1.165) is 10.5 Å². The number of carboxylic acids is 2. The number of thioether (sulfide) groups is 1. The molecule has 0 aliphatic carbocycles. The number of carboxylic acid groups (broad SMARTS) is 2. The maximum atomic E-state index is 10.9. The van der Waals surface area contributed by atoms with Crippen molar-refractivity contribution < 1.29 is 19.8 Å². The summed E-state index contributed by atoms with van der Waals surface area (Å²) in [4.78, 5) is 22.5. The van der Waals surface area contributed by atoms with Crippen molar-refractivity contribution in [3.8, 4) is 0 Å². The lowest BCUT2D eigenvalue weighted by molar-refractivity contribution is 0.0686. The van der Waals surface area contributed by atoms with Gasteiger partial charge in [0.15, 0.2) is 0 Å². The Kier molecular flexibility index (Phi) is 4.42. The monoisotopic (exact) mass is 288 g/mol. The molecule has 102 valence electrons. The number of benzene rings is 2. The van der Waals surface area contributed by atoms with Gasteiger partial charge in [-0.1, -0.05) is 12.1 Å². The van der Waals surface area contributed by atoms with Gasteiger partial charge in [0.05, 0.1) is 11.1 Å². The number of carbonyl (C=O) groups is 2. The molecule has 0 saturated heterocycles. The average Bonchev–Trinajstić information content (AvgIpc) is 2.46. The Morgan fingerprint density at radius 2 is 1.55 bits per heavy atom. The maximum Gasteiger partial charge on any atom is 0.335 e. The second-order valence-corrected chi connectivity index (χ2v) is 5.17. The topological polar surface area (TPSA) is 74.6 Å². The van der Waals surface area contributed by atoms with Crippen molar-refractivity contribution >= 4 is 23.7 Å². The molecule has 0 heterocycles. The first-order chi connectivity index (χ1) is 9.56. The summed E-state index contributed by atoms with van der Waals surface area (Å²) in [7, 11) is 0. The highest BCUT2D eigenvalue weighted by Crippen LogP contribution is 2.23. The minimum Gasteiger partial charge on any atom is -0.478 e. The van der Waals surface area contributed by atoms with Crippen LogP contribution in [0.3, 0.4) is 0 Å². The van der Waals surface area contributed by atoms with Gasteiger partial charge in [0.1, 0.15) is 0 Å². The molecule has 5 heteroatoms. The molecular weight excluding hydrogens is 276 g/mol. The molecule has 0 aromatic heterocycles. The van der Waals surface area contributed by atoms with Gasteiger partial charge in [-0.3, -0.25) is 0 Å². The minimum atomic E-state index is -0.948. The van der Waals surface area contributed by atoms with Gasteiger partial charge < -0.3 is 10.2 Å². The highest BCUT2D eigenvalue weighted by atomic mass is 32.2. The molecule has 0 radical (unpaired) electrons. The molecule has 0 saturated carbocycles. The van der Waals surface area contributed by atoms with Gasteiger partial charge in [0.2, 0.25) is 0 Å². The van der Waals surface area contributed by atoms with E-state index in [0.29, 0.717) is 5.75 Å². The van der Waals surface area contributed by atoms with Crippen molar-refractivity contribution in [2.45, 2.75) is 10.6 Å². The van der Waals surface area contributed by atoms with Crippen LogP contribution in [0.25, 0.3) is 0 Å². The molecule has 2 N–H and O–H groups in total. The van der Waals surface area contributed by atoms with Gasteiger partial charge in [-0.25, -0.2) is 9.59 Å². The highest BCUT2D eigenvalue weighted by Gasteiger charge is 2.05. The SMILES string of the molecule is O=C(O)c1ccc(SCc2cccc(C(=O)O)c2)cc1. The van der Waals surface area contributed by atoms with E-state index in [4.69, 9.17) is 10.2 Å². The Hall–Kier alpha value is -2.27. The van der Waals surface area contributed by atoms with Crippen molar-refractivity contribution in [2.24, 2.45) is 0 Å². The first kappa shape index (κ1) is 14.1. The van der Waals surface area contributed by atoms with Gasteiger partial charge in [0, 0.05) is 10.6 Å². The summed E-state index contributed by atoms with van der Waals surface area (Å²) in [6.45, 7) is 0. The van der Waals surface area contributed by atoms with Gasteiger partial charge in [-0.15, -0.1) is 11.8 Å². The second-order valence-electron chi connectivity index (χ2n) is 4.12. The second kappa shape index (κ2) is 6.25. The van der Waals surface area contributed by atoms with Crippen molar-refractivity contribution in [1.29, 1.82) is 0 Å². The smallest absolute Gasteiger partial charge is 0.335 e. The quantitative estimate of drug-likeness (QED) is 0.825. The fraction of sp³-hybridized carbons (Fsp3) is 0.0667. The van der Waals surface area contributed by atoms with Crippen molar-refractivity contribution in [3.63, 3.8) is 0 Å². The molecular formula is C15H12O4S. The summed E-state index contributed by atoms with van der Waals surface area (Å²) >= 11 is 1.53. The van der Waals surface area contributed by atoms with Crippen molar-refractivity contribution in [1.82, 2.24) is 0 Å². The van der Waals surface area contributed by atoms with E-state index < -0.39 is 11.9 Å². The van der Waals surface area contributed by atoms with Crippen molar-refractivity contribution in [2.75, 3.05) is 0 Å². The van der Waals surface area contributed by atoms with Crippen LogP contribution in [-0.2, 0) is 5.75 Å². The van der Waals surface area contributed by atoms with Crippen LogP contribution in [0.4, 0.5) is 0 Å². The predicted octanol–water partition coefficient (Wildman–Crippen LogP) is 3.38. The third-order valence-corrected chi connectivity index (χ3v) is 3.76. The average molecular weight is 288 g/mol. The zero-order valence-electron chi connectivity index (χ0n) is 10.4. The predicted molar refractivity (Wildman–Crippen MR) is 76.4 cm³/mol. The highest BCUT2D eigenvalue weighted by molar-refractivity contribution is 7.98. The number of hydrogen-bond donors (Lipinski definition) is 2. The van der Waals surface area contributed by atoms with Gasteiger partial charge in [0.25, 0.3) is 0 Å². The Balaban J connectivity index is 2.03. The third-order valence-electron chi connectivity index (χ3n) is 2.68. The Morgan fingerprint density at radius 1 is 0.900 bits per heavy atom. The third kappa shape index (κ3) is 3.61. The zero-order valence-corrected chi connectivity index (χ0v) is 11.3. The normalized spacial score (nSPS) is 10.2. The molecule has 4 nitrogen and oxygen atoms in total. The van der Waals surface area contributed by atoms with E-state index in [9.17, 15) is 9.59 Å². The molecule has 0 fully saturated rings. The molecule has 0 spiro atoms. The molecule has 0 unspecified atom stereocenters. The molecule has 20 heavy (non-hydrogen) atoms. The Labute approximate surface area is 120 Å². The summed E-state index contributed by atoms with van der Waals surface area (Å²) in [6, 6.07) is 13.4. The van der Waals surface area contributed by atoms with Gasteiger partial charge in [-0.2, -0.15) is 0 Å². The van der Waals surface area contributed by atoms with E-state index in [-0.39, 0.29) is 11.1 Å². The van der Waals surface area contributed by atoms with E-state index >= 15 is 0 Å². The van der Waals surface area contributed by atoms with E-state index in [2.05, 4.69) is 0 Å². The zero-order chi connectivity index (χ0) is 14.5. The lowest BCUT2D eigenvalue weighted by atomic mass is 10.1. The Bertz CT molecular complexity index is 635. The number of rotatable bonds is 5. The van der Waals surface area contributed by atoms with Crippen LogP contribution in [-0.4, -0.2) is 22.2 Å². The summed E-state index contributed by atoms with van der Waals surface area (Å²) in [5, 5.41) is 17.7. The maximum absolute atomic E-state index is 10.9. The molecule has 2 aromatic carbocycles. The van der Waals surface area contributed by atoms with Crippen LogP contribution in [0.15, 0.2) is 53.4 Å². The summed E-state index contributed by atoms with van der Waals surface area (Å²) in [5.74, 6) is -1.26. The molecule has 0 aliphatic rings. The minimum absolute atomic E-state index is 0.252. The number of hydrogen-bond acceptors (Lipinski definition) is 3. The standard InChI is InChI=1S/C15H12O4S/c16-14(17)11-4-6-13(7-5-11)20-9-10-2-1-3-12(8-10)15(18)19/h1-8H,9H2,(H,16,17)(H,18,19). The van der Waals surface area contributed by atoms with Crippen molar-refractivity contribution in [3.05, 3.63) is 65.2 Å². The number of aromatic carboxylic acids is 2. The fourth-order valence-corrected chi connectivity index (χ4v) is 2.50. The molecule has 0 atom stereocenters. The molecule has 0 amide bonds. The first-order valence-corrected chi connectivity index (χ1v) is 6.83. The van der Waals surface area contributed by atoms with Crippen LogP contribution < -0.4 is 0 Å². The van der Waals surface area contributed by atoms with Crippen LogP contribution >= 0.6 is 11.8 Å². The molecule has 0 aliphatic heterocycles. The largest absolute Gasteiger partial charge is 0.478 e. The lowest BCUT2D eigenvalue weighted by Crippen LogP contribution is -1.96. The first-order valence-electron chi connectivity index (χ1n) is 5.84. The van der Waals surface area contributed by atoms with Gasteiger partial charge in [-0.05, 0) is 42.0 Å². The van der Waals surface area contributed by atoms with E-state index in [1.807, 2.05) is 6.07 Å². The van der Waals surface area contributed by atoms with Crippen LogP contribution in [0.5, 0.6) is 0 Å². The summed E-state index contributed by atoms with van der Waals surface area (Å²) in [5.41, 5.74) is 1.43.